The summed E-state index contributed by atoms with van der Waals surface area (Å²) in [5.41, 5.74) is 5.11. The van der Waals surface area contributed by atoms with E-state index < -0.39 is 6.10 Å². The monoisotopic (exact) mass is 504 g/mol. The topological polar surface area (TPSA) is 75.7 Å². The van der Waals surface area contributed by atoms with Crippen molar-refractivity contribution < 1.29 is 19.3 Å². The van der Waals surface area contributed by atoms with Gasteiger partial charge in [-0.1, -0.05) is 50.3 Å². The van der Waals surface area contributed by atoms with Gasteiger partial charge in [-0.05, 0) is 53.4 Å². The van der Waals surface area contributed by atoms with Gasteiger partial charge in [0.05, 0.1) is 33.5 Å². The second-order valence-electron chi connectivity index (χ2n) is 11.1. The van der Waals surface area contributed by atoms with E-state index >= 15 is 0 Å². The molecule has 4 atom stereocenters. The third-order valence-electron chi connectivity index (χ3n) is 8.70. The van der Waals surface area contributed by atoms with Crippen molar-refractivity contribution >= 4 is 10.9 Å². The van der Waals surface area contributed by atoms with Gasteiger partial charge in [0.2, 0.25) is 0 Å². The van der Waals surface area contributed by atoms with Crippen LogP contribution >= 0.6 is 0 Å². The molecular formula is C31H40N2O4. The van der Waals surface area contributed by atoms with E-state index in [1.807, 2.05) is 18.2 Å². The summed E-state index contributed by atoms with van der Waals surface area (Å²) >= 11 is 0. The maximum atomic E-state index is 10.7. The first-order chi connectivity index (χ1) is 17.9. The van der Waals surface area contributed by atoms with Crippen LogP contribution in [0.4, 0.5) is 0 Å². The molecular weight excluding hydrogens is 464 g/mol. The number of aromatic amines is 1. The molecule has 6 heteroatoms. The number of fused-ring (bicyclic) bond motifs is 2. The molecule has 0 amide bonds. The summed E-state index contributed by atoms with van der Waals surface area (Å²) in [7, 11) is 3.33. The fourth-order valence-corrected chi connectivity index (χ4v) is 6.36. The lowest BCUT2D eigenvalue weighted by atomic mass is 9.49. The third kappa shape index (κ3) is 5.02. The van der Waals surface area contributed by atoms with Crippen molar-refractivity contribution in [3.63, 3.8) is 0 Å². The highest BCUT2D eigenvalue weighted by atomic mass is 16.5. The molecule has 3 N–H and O–H groups in total. The summed E-state index contributed by atoms with van der Waals surface area (Å²) in [5, 5.41) is 15.3. The molecule has 0 saturated heterocycles. The minimum absolute atomic E-state index is 0.00416. The summed E-state index contributed by atoms with van der Waals surface area (Å²) in [6, 6.07) is 14.3. The van der Waals surface area contributed by atoms with Crippen molar-refractivity contribution in [2.45, 2.75) is 38.7 Å². The number of allylic oxidation sites excluding steroid dienone is 1. The maximum Gasteiger partial charge on any atom is 0.164 e. The Kier molecular flexibility index (Phi) is 7.61. The molecule has 37 heavy (non-hydrogen) atoms. The van der Waals surface area contributed by atoms with Crippen molar-refractivity contribution in [3.8, 4) is 11.5 Å². The summed E-state index contributed by atoms with van der Waals surface area (Å²) < 4.78 is 17.3. The van der Waals surface area contributed by atoms with Crippen LogP contribution in [0.25, 0.3) is 10.9 Å². The van der Waals surface area contributed by atoms with Gasteiger partial charge in [-0.2, -0.15) is 0 Å². The predicted octanol–water partition coefficient (Wildman–Crippen LogP) is 5.28. The van der Waals surface area contributed by atoms with Gasteiger partial charge < -0.3 is 29.6 Å². The van der Waals surface area contributed by atoms with E-state index in [0.717, 1.165) is 29.2 Å². The van der Waals surface area contributed by atoms with Gasteiger partial charge in [0.15, 0.2) is 11.5 Å². The molecule has 3 aliphatic carbocycles. The van der Waals surface area contributed by atoms with Crippen LogP contribution in [0.15, 0.2) is 60.3 Å². The van der Waals surface area contributed by atoms with Gasteiger partial charge in [-0.25, -0.2) is 0 Å². The van der Waals surface area contributed by atoms with Gasteiger partial charge >= 0.3 is 0 Å². The normalized spacial score (nSPS) is 21.7. The quantitative estimate of drug-likeness (QED) is 0.293. The molecule has 6 nitrogen and oxygen atoms in total. The fourth-order valence-electron chi connectivity index (χ4n) is 6.36. The summed E-state index contributed by atoms with van der Waals surface area (Å²) in [5.74, 6) is 2.89. The zero-order valence-electron chi connectivity index (χ0n) is 22.4. The molecule has 1 saturated carbocycles. The van der Waals surface area contributed by atoms with Crippen molar-refractivity contribution in [3.05, 3.63) is 71.4 Å². The largest absolute Gasteiger partial charge is 0.493 e. The van der Waals surface area contributed by atoms with E-state index in [1.54, 1.807) is 14.2 Å². The zero-order chi connectivity index (χ0) is 26.0. The number of para-hydroxylation sites is 2. The molecule has 2 aromatic carbocycles. The second kappa shape index (κ2) is 10.9. The number of rotatable bonds is 12. The van der Waals surface area contributed by atoms with Gasteiger partial charge in [0.25, 0.3) is 0 Å². The number of aliphatic hydroxyl groups is 1. The molecule has 198 valence electrons. The standard InChI is InChI=1S/C31H40N2O4/c1-31(2)21-13-12-20(27(31)14-21)18-37-19-22(34)15-32-16-25(24-9-7-11-29(35-3)30(24)36-4)26-17-33-28-10-6-5-8-23(26)28/h5-12,17,21-22,25,27,32-34H,13-16,18-19H2,1-4H3/t21-,22+,25+,27+/m1/s1. The lowest BCUT2D eigenvalue weighted by Gasteiger charge is -2.56. The maximum absolute atomic E-state index is 10.7. The number of ether oxygens (including phenoxy) is 3. The van der Waals surface area contributed by atoms with Crippen molar-refractivity contribution in [1.82, 2.24) is 10.3 Å². The van der Waals surface area contributed by atoms with E-state index in [-0.39, 0.29) is 5.92 Å². The Hall–Kier alpha value is -2.80. The lowest BCUT2D eigenvalue weighted by Crippen LogP contribution is -2.48. The number of hydrogen-bond donors (Lipinski definition) is 3. The fraction of sp³-hybridized carbons (Fsp3) is 0.484. The molecule has 0 unspecified atom stereocenters. The highest BCUT2D eigenvalue weighted by molar-refractivity contribution is 5.84. The molecule has 3 aliphatic rings. The predicted molar refractivity (Wildman–Crippen MR) is 147 cm³/mol. The highest BCUT2D eigenvalue weighted by Crippen LogP contribution is 2.59. The first-order valence-corrected chi connectivity index (χ1v) is 13.4. The minimum atomic E-state index is -0.581. The number of benzene rings is 2. The number of nitrogens with one attached hydrogen (secondary N) is 2. The Balaban J connectivity index is 1.24. The van der Waals surface area contributed by atoms with Crippen LogP contribution in [0.5, 0.6) is 11.5 Å². The molecule has 0 spiro atoms. The van der Waals surface area contributed by atoms with E-state index in [9.17, 15) is 5.11 Å². The third-order valence-corrected chi connectivity index (χ3v) is 8.70. The number of aliphatic hydroxyl groups excluding tert-OH is 1. The SMILES string of the molecule is COc1cccc([C@H](CNC[C@H](O)COCC2=CC[C@@H]3C[C@@H]2C3(C)C)c2c[nH]c3ccccc23)c1OC. The summed E-state index contributed by atoms with van der Waals surface area (Å²) in [6.07, 6.45) is 6.30. The van der Waals surface area contributed by atoms with E-state index in [1.165, 1.54) is 22.9 Å². The van der Waals surface area contributed by atoms with Crippen LogP contribution < -0.4 is 14.8 Å². The Morgan fingerprint density at radius 3 is 2.65 bits per heavy atom. The van der Waals surface area contributed by atoms with Crippen molar-refractivity contribution in [1.29, 1.82) is 0 Å². The van der Waals surface area contributed by atoms with Crippen LogP contribution in [0, 0.1) is 17.3 Å². The second-order valence-corrected chi connectivity index (χ2v) is 11.1. The van der Waals surface area contributed by atoms with E-state index in [4.69, 9.17) is 14.2 Å². The van der Waals surface area contributed by atoms with Gasteiger partial charge in [0, 0.05) is 41.7 Å². The van der Waals surface area contributed by atoms with E-state index in [2.05, 4.69) is 60.7 Å². The average Bonchev–Trinajstić information content (AvgIpc) is 3.34. The molecule has 1 fully saturated rings. The number of H-pyrrole nitrogens is 1. The zero-order valence-corrected chi connectivity index (χ0v) is 22.4. The van der Waals surface area contributed by atoms with Gasteiger partial charge in [0.1, 0.15) is 0 Å². The molecule has 2 bridgehead atoms. The molecule has 0 radical (unpaired) electrons. The number of hydrogen-bond acceptors (Lipinski definition) is 5. The van der Waals surface area contributed by atoms with Crippen LogP contribution in [-0.2, 0) is 4.74 Å². The molecule has 1 aromatic heterocycles. The number of aromatic nitrogens is 1. The van der Waals surface area contributed by atoms with Crippen LogP contribution in [0.1, 0.15) is 43.7 Å². The molecule has 1 heterocycles. The highest BCUT2D eigenvalue weighted by Gasteiger charge is 2.50. The van der Waals surface area contributed by atoms with Gasteiger partial charge in [-0.15, -0.1) is 0 Å². The minimum Gasteiger partial charge on any atom is -0.493 e. The Morgan fingerprint density at radius 1 is 1.05 bits per heavy atom. The van der Waals surface area contributed by atoms with Crippen LogP contribution in [0.3, 0.4) is 0 Å². The first kappa shape index (κ1) is 25.8. The summed E-state index contributed by atoms with van der Waals surface area (Å²) in [4.78, 5) is 3.40. The number of methoxy groups -OCH3 is 2. The Labute approximate surface area is 220 Å². The molecule has 0 aliphatic heterocycles. The van der Waals surface area contributed by atoms with Crippen LogP contribution in [0.2, 0.25) is 0 Å². The average molecular weight is 505 g/mol. The van der Waals surface area contributed by atoms with Gasteiger partial charge in [-0.3, -0.25) is 0 Å². The Morgan fingerprint density at radius 2 is 1.89 bits per heavy atom. The Bertz CT molecular complexity index is 1250. The van der Waals surface area contributed by atoms with Crippen LogP contribution in [-0.4, -0.2) is 56.7 Å². The molecule has 6 rings (SSSR count). The molecule has 3 aromatic rings. The lowest BCUT2D eigenvalue weighted by molar-refractivity contribution is -0.0235. The summed E-state index contributed by atoms with van der Waals surface area (Å²) in [6.45, 7) is 6.77. The first-order valence-electron chi connectivity index (χ1n) is 13.4. The van der Waals surface area contributed by atoms with E-state index in [0.29, 0.717) is 43.4 Å². The van der Waals surface area contributed by atoms with Crippen molar-refractivity contribution in [2.75, 3.05) is 40.5 Å². The smallest absolute Gasteiger partial charge is 0.164 e. The van der Waals surface area contributed by atoms with Crippen molar-refractivity contribution in [2.24, 2.45) is 17.3 Å².